The lowest BCUT2D eigenvalue weighted by molar-refractivity contribution is 0.564. The Kier molecular flexibility index (Phi) is 5.85. The molecule has 0 radical (unpaired) electrons. The number of hydrogen-bond acceptors (Lipinski definition) is 2. The van der Waals surface area contributed by atoms with Crippen LogP contribution in [0.4, 0.5) is 0 Å². The SMILES string of the molecule is CC=CCC[P+](=O)N=C=O. The fraction of sp³-hybridized carbons (Fsp3) is 0.500. The van der Waals surface area contributed by atoms with Gasteiger partial charge < -0.3 is 0 Å². The van der Waals surface area contributed by atoms with Gasteiger partial charge in [0.1, 0.15) is 0 Å². The fourth-order valence-electron chi connectivity index (χ4n) is 0.447. The summed E-state index contributed by atoms with van der Waals surface area (Å²) in [4.78, 5) is 9.55. The van der Waals surface area contributed by atoms with Gasteiger partial charge in [-0.25, -0.2) is 4.79 Å². The van der Waals surface area contributed by atoms with Gasteiger partial charge in [-0.05, 0) is 11.5 Å². The van der Waals surface area contributed by atoms with E-state index in [2.05, 4.69) is 4.76 Å². The first-order valence-corrected chi connectivity index (χ1v) is 4.34. The lowest BCUT2D eigenvalue weighted by Gasteiger charge is -1.73. The van der Waals surface area contributed by atoms with Gasteiger partial charge in [-0.1, -0.05) is 12.2 Å². The van der Waals surface area contributed by atoms with Crippen LogP contribution in [0.2, 0.25) is 0 Å². The predicted molar refractivity (Wildman–Crippen MR) is 40.0 cm³/mol. The molecule has 1 unspecified atom stereocenters. The summed E-state index contributed by atoms with van der Waals surface area (Å²) in [5.74, 6) is 0. The average Bonchev–Trinajstić information content (AvgIpc) is 1.89. The molecule has 0 bridgehead atoms. The first kappa shape index (κ1) is 9.22. The number of nitrogens with zero attached hydrogens (tertiary/aromatic N) is 1. The van der Waals surface area contributed by atoms with Gasteiger partial charge in [0.2, 0.25) is 0 Å². The van der Waals surface area contributed by atoms with Crippen molar-refractivity contribution in [2.45, 2.75) is 13.3 Å². The molecule has 10 heavy (non-hydrogen) atoms. The molecule has 0 saturated heterocycles. The number of rotatable bonds is 4. The summed E-state index contributed by atoms with van der Waals surface area (Å²) in [6, 6.07) is 0. The summed E-state index contributed by atoms with van der Waals surface area (Å²) in [6.07, 6.45) is 6.16. The van der Waals surface area contributed by atoms with Crippen LogP contribution in [0, 0.1) is 0 Å². The highest BCUT2D eigenvalue weighted by Crippen LogP contribution is 2.21. The zero-order valence-corrected chi connectivity index (χ0v) is 6.67. The minimum absolute atomic E-state index is 0.439. The molecule has 0 aliphatic carbocycles. The van der Waals surface area contributed by atoms with Crippen LogP contribution in [0.1, 0.15) is 13.3 Å². The third kappa shape index (κ3) is 5.36. The quantitative estimate of drug-likeness (QED) is 0.272. The second kappa shape index (κ2) is 6.34. The van der Waals surface area contributed by atoms with E-state index in [9.17, 15) is 9.36 Å². The van der Waals surface area contributed by atoms with E-state index in [1.165, 1.54) is 6.08 Å². The molecule has 0 amide bonds. The van der Waals surface area contributed by atoms with E-state index in [0.717, 1.165) is 0 Å². The van der Waals surface area contributed by atoms with Gasteiger partial charge in [0.05, 0.1) is 4.76 Å². The van der Waals surface area contributed by atoms with E-state index in [0.29, 0.717) is 12.6 Å². The highest BCUT2D eigenvalue weighted by molar-refractivity contribution is 7.43. The molecular weight excluding hydrogens is 149 g/mol. The van der Waals surface area contributed by atoms with Crippen molar-refractivity contribution < 1.29 is 9.36 Å². The van der Waals surface area contributed by atoms with E-state index in [1.807, 2.05) is 19.1 Å². The van der Waals surface area contributed by atoms with Crippen molar-refractivity contribution in [1.82, 2.24) is 0 Å². The van der Waals surface area contributed by atoms with E-state index in [-0.39, 0.29) is 0 Å². The van der Waals surface area contributed by atoms with Crippen molar-refractivity contribution in [3.63, 3.8) is 0 Å². The molecule has 0 N–H and O–H groups in total. The standard InChI is InChI=1S/C6H9NO2P/c1-2-3-4-5-10(9)7-6-8/h2-3H,4-5H2,1H3/q+1. The Morgan fingerprint density at radius 1 is 1.70 bits per heavy atom. The highest BCUT2D eigenvalue weighted by Gasteiger charge is 2.10. The Balaban J connectivity index is 3.49. The van der Waals surface area contributed by atoms with Crippen molar-refractivity contribution >= 4 is 14.0 Å². The minimum atomic E-state index is -1.69. The van der Waals surface area contributed by atoms with Crippen molar-refractivity contribution in [3.05, 3.63) is 12.2 Å². The Morgan fingerprint density at radius 3 is 2.90 bits per heavy atom. The van der Waals surface area contributed by atoms with Gasteiger partial charge in [-0.3, -0.25) is 0 Å². The van der Waals surface area contributed by atoms with Crippen LogP contribution in [0.5, 0.6) is 0 Å². The molecular formula is C6H9NO2P+. The van der Waals surface area contributed by atoms with Crippen LogP contribution >= 0.6 is 7.95 Å². The predicted octanol–water partition coefficient (Wildman–Crippen LogP) is 2.03. The Hall–Kier alpha value is -0.780. The topological polar surface area (TPSA) is 46.5 Å². The van der Waals surface area contributed by atoms with E-state index in [1.54, 1.807) is 0 Å². The maximum atomic E-state index is 10.6. The highest BCUT2D eigenvalue weighted by atomic mass is 31.1. The van der Waals surface area contributed by atoms with E-state index >= 15 is 0 Å². The smallest absolute Gasteiger partial charge is 0.207 e. The van der Waals surface area contributed by atoms with Gasteiger partial charge in [0, 0.05) is 6.42 Å². The summed E-state index contributed by atoms with van der Waals surface area (Å²) < 4.78 is 13.7. The number of hydrogen-bond donors (Lipinski definition) is 0. The number of carbonyl (C=O) groups excluding carboxylic acids is 1. The van der Waals surface area contributed by atoms with Crippen LogP contribution in [-0.4, -0.2) is 12.2 Å². The maximum Gasteiger partial charge on any atom is 0.497 e. The molecule has 0 fully saturated rings. The summed E-state index contributed by atoms with van der Waals surface area (Å²) >= 11 is 0. The molecule has 4 heteroatoms. The molecule has 0 aromatic carbocycles. The molecule has 1 atom stereocenters. The van der Waals surface area contributed by atoms with Gasteiger partial charge >= 0.3 is 7.95 Å². The summed E-state index contributed by atoms with van der Waals surface area (Å²) in [5.41, 5.74) is 0. The largest absolute Gasteiger partial charge is 0.497 e. The molecule has 0 spiro atoms. The molecule has 0 saturated carbocycles. The molecule has 3 nitrogen and oxygen atoms in total. The lowest BCUT2D eigenvalue weighted by atomic mass is 10.4. The van der Waals surface area contributed by atoms with Crippen LogP contribution in [0.3, 0.4) is 0 Å². The molecule has 0 rings (SSSR count). The first-order valence-electron chi connectivity index (χ1n) is 2.95. The van der Waals surface area contributed by atoms with Crippen LogP contribution in [0.25, 0.3) is 0 Å². The summed E-state index contributed by atoms with van der Waals surface area (Å²) in [7, 11) is -1.69. The lowest BCUT2D eigenvalue weighted by Crippen LogP contribution is -1.70. The van der Waals surface area contributed by atoms with E-state index in [4.69, 9.17) is 0 Å². The Labute approximate surface area is 60.7 Å². The van der Waals surface area contributed by atoms with Crippen LogP contribution in [0.15, 0.2) is 16.9 Å². The van der Waals surface area contributed by atoms with Crippen molar-refractivity contribution in [1.29, 1.82) is 0 Å². The Morgan fingerprint density at radius 2 is 2.40 bits per heavy atom. The summed E-state index contributed by atoms with van der Waals surface area (Å²) in [5, 5.41) is 0. The maximum absolute atomic E-state index is 10.6. The molecule has 0 heterocycles. The van der Waals surface area contributed by atoms with Gasteiger partial charge in [-0.15, -0.1) is 0 Å². The van der Waals surface area contributed by atoms with Gasteiger partial charge in [0.15, 0.2) is 6.16 Å². The zero-order valence-electron chi connectivity index (χ0n) is 5.78. The zero-order chi connectivity index (χ0) is 7.82. The molecule has 0 aromatic heterocycles. The normalized spacial score (nSPS) is 11.1. The van der Waals surface area contributed by atoms with Crippen LogP contribution < -0.4 is 0 Å². The molecule has 0 aromatic rings. The first-order chi connectivity index (χ1) is 4.81. The third-order valence-corrected chi connectivity index (χ3v) is 1.82. The summed E-state index contributed by atoms with van der Waals surface area (Å²) in [6.45, 7) is 1.88. The second-order valence-corrected chi connectivity index (χ2v) is 2.98. The van der Waals surface area contributed by atoms with Crippen LogP contribution in [-0.2, 0) is 9.36 Å². The van der Waals surface area contributed by atoms with E-state index < -0.39 is 7.95 Å². The van der Waals surface area contributed by atoms with Gasteiger partial charge in [-0.2, -0.15) is 0 Å². The number of isocyanates is 1. The van der Waals surface area contributed by atoms with Crippen molar-refractivity contribution in [2.75, 3.05) is 6.16 Å². The third-order valence-electron chi connectivity index (χ3n) is 0.875. The monoisotopic (exact) mass is 158 g/mol. The molecule has 54 valence electrons. The number of allylic oxidation sites excluding steroid dienone is 2. The minimum Gasteiger partial charge on any atom is -0.207 e. The second-order valence-electron chi connectivity index (χ2n) is 1.62. The van der Waals surface area contributed by atoms with Crippen molar-refractivity contribution in [2.24, 2.45) is 4.76 Å². The molecule has 0 aliphatic heterocycles. The fourth-order valence-corrected chi connectivity index (χ4v) is 1.01. The van der Waals surface area contributed by atoms with Gasteiger partial charge in [0.25, 0.3) is 6.08 Å². The average molecular weight is 158 g/mol. The van der Waals surface area contributed by atoms with Crippen molar-refractivity contribution in [3.8, 4) is 0 Å². The molecule has 0 aliphatic rings. The Bertz CT molecular complexity index is 182.